The van der Waals surface area contributed by atoms with Crippen LogP contribution in [0.25, 0.3) is 0 Å². The monoisotopic (exact) mass is 353 g/mol. The molecule has 0 saturated heterocycles. The molecule has 1 N–H and O–H groups in total. The Bertz CT molecular complexity index is 709. The van der Waals surface area contributed by atoms with Crippen LogP contribution in [0.2, 0.25) is 0 Å². The molecule has 0 radical (unpaired) electrons. The lowest BCUT2D eigenvalue weighted by molar-refractivity contribution is -0.123. The van der Waals surface area contributed by atoms with Gasteiger partial charge in [0.25, 0.3) is 5.91 Å². The fourth-order valence-electron chi connectivity index (χ4n) is 2.31. The van der Waals surface area contributed by atoms with Gasteiger partial charge in [-0.25, -0.2) is 4.39 Å². The molecule has 2 aromatic carbocycles. The van der Waals surface area contributed by atoms with Crippen LogP contribution in [0.4, 0.5) is 13.2 Å². The van der Waals surface area contributed by atoms with Crippen LogP contribution in [0.15, 0.2) is 48.5 Å². The highest BCUT2D eigenvalue weighted by atomic mass is 19.3. The Labute approximate surface area is 143 Å². The minimum Gasteiger partial charge on any atom is -0.484 e. The lowest BCUT2D eigenvalue weighted by Crippen LogP contribution is -2.32. The number of benzene rings is 2. The summed E-state index contributed by atoms with van der Waals surface area (Å²) in [6.45, 7) is -1.47. The summed E-state index contributed by atoms with van der Waals surface area (Å²) in [7, 11) is 0. The number of hydrogen-bond donors (Lipinski definition) is 1. The van der Waals surface area contributed by atoms with Crippen molar-refractivity contribution in [2.24, 2.45) is 0 Å². The SMILES string of the molecule is CCC(NC(=O)COc1cccc(F)c1)c1ccccc1OC(F)F. The average Bonchev–Trinajstić information content (AvgIpc) is 2.58. The highest BCUT2D eigenvalue weighted by molar-refractivity contribution is 5.78. The molecule has 1 atom stereocenters. The van der Waals surface area contributed by atoms with Gasteiger partial charge in [-0.05, 0) is 24.6 Å². The van der Waals surface area contributed by atoms with Gasteiger partial charge in [0.1, 0.15) is 17.3 Å². The Balaban J connectivity index is 2.00. The molecule has 0 fully saturated rings. The molecule has 1 amide bonds. The first-order valence-corrected chi connectivity index (χ1v) is 7.71. The summed E-state index contributed by atoms with van der Waals surface area (Å²) in [4.78, 5) is 12.1. The molecule has 7 heteroatoms. The van der Waals surface area contributed by atoms with Gasteiger partial charge in [0, 0.05) is 11.6 Å². The Morgan fingerprint density at radius 2 is 1.92 bits per heavy atom. The predicted molar refractivity (Wildman–Crippen MR) is 86.1 cm³/mol. The van der Waals surface area contributed by atoms with E-state index in [-0.39, 0.29) is 18.1 Å². The molecule has 2 aromatic rings. The first-order valence-electron chi connectivity index (χ1n) is 7.71. The van der Waals surface area contributed by atoms with Gasteiger partial charge in [-0.15, -0.1) is 0 Å². The minimum atomic E-state index is -2.95. The molecule has 0 aromatic heterocycles. The Kier molecular flexibility index (Phi) is 6.68. The van der Waals surface area contributed by atoms with Crippen LogP contribution in [-0.2, 0) is 4.79 Å². The number of ether oxygens (including phenoxy) is 2. The van der Waals surface area contributed by atoms with Crippen molar-refractivity contribution in [3.8, 4) is 11.5 Å². The zero-order valence-corrected chi connectivity index (χ0v) is 13.5. The number of amides is 1. The maximum Gasteiger partial charge on any atom is 0.387 e. The topological polar surface area (TPSA) is 47.6 Å². The molecule has 0 saturated carbocycles. The van der Waals surface area contributed by atoms with Crippen LogP contribution in [0.1, 0.15) is 24.9 Å². The van der Waals surface area contributed by atoms with Crippen molar-refractivity contribution in [2.75, 3.05) is 6.61 Å². The quantitative estimate of drug-likeness (QED) is 0.778. The maximum absolute atomic E-state index is 13.1. The minimum absolute atomic E-state index is 0.00991. The van der Waals surface area contributed by atoms with E-state index >= 15 is 0 Å². The first-order chi connectivity index (χ1) is 12.0. The van der Waals surface area contributed by atoms with Gasteiger partial charge in [-0.1, -0.05) is 31.2 Å². The van der Waals surface area contributed by atoms with Crippen molar-refractivity contribution < 1.29 is 27.4 Å². The fraction of sp³-hybridized carbons (Fsp3) is 0.278. The van der Waals surface area contributed by atoms with E-state index in [1.165, 1.54) is 24.3 Å². The van der Waals surface area contributed by atoms with Crippen molar-refractivity contribution in [1.82, 2.24) is 5.32 Å². The summed E-state index contributed by atoms with van der Waals surface area (Å²) in [5, 5.41) is 2.70. The number of alkyl halides is 2. The zero-order valence-electron chi connectivity index (χ0n) is 13.5. The van der Waals surface area contributed by atoms with Crippen molar-refractivity contribution in [2.45, 2.75) is 26.0 Å². The summed E-state index contributed by atoms with van der Waals surface area (Å²) in [5.74, 6) is -0.689. The molecule has 1 unspecified atom stereocenters. The standard InChI is InChI=1S/C18H18F3NO3/c1-2-15(14-8-3-4-9-16(14)25-18(20)21)22-17(23)11-24-13-7-5-6-12(19)10-13/h3-10,15,18H,2,11H2,1H3,(H,22,23). The average molecular weight is 353 g/mol. The van der Waals surface area contributed by atoms with Crippen LogP contribution < -0.4 is 14.8 Å². The summed E-state index contributed by atoms with van der Waals surface area (Å²) >= 11 is 0. The van der Waals surface area contributed by atoms with Crippen LogP contribution in [0.3, 0.4) is 0 Å². The molecule has 0 aliphatic rings. The molecular formula is C18H18F3NO3. The van der Waals surface area contributed by atoms with Gasteiger partial charge < -0.3 is 14.8 Å². The van der Waals surface area contributed by atoms with Crippen LogP contribution in [0.5, 0.6) is 11.5 Å². The third-order valence-corrected chi connectivity index (χ3v) is 3.42. The summed E-state index contributed by atoms with van der Waals surface area (Å²) in [5.41, 5.74) is 0.449. The van der Waals surface area contributed by atoms with E-state index in [4.69, 9.17) is 4.74 Å². The van der Waals surface area contributed by atoms with Crippen LogP contribution >= 0.6 is 0 Å². The summed E-state index contributed by atoms with van der Waals surface area (Å²) < 4.78 is 47.8. The molecule has 0 bridgehead atoms. The zero-order chi connectivity index (χ0) is 18.2. The van der Waals surface area contributed by atoms with E-state index in [1.807, 2.05) is 0 Å². The van der Waals surface area contributed by atoms with Gasteiger partial charge in [0.05, 0.1) is 6.04 Å². The smallest absolute Gasteiger partial charge is 0.387 e. The van der Waals surface area contributed by atoms with E-state index in [2.05, 4.69) is 10.1 Å². The first kappa shape index (κ1) is 18.6. The van der Waals surface area contributed by atoms with Gasteiger partial charge in [0.2, 0.25) is 0 Å². The lowest BCUT2D eigenvalue weighted by Gasteiger charge is -2.20. The van der Waals surface area contributed by atoms with E-state index in [1.54, 1.807) is 25.1 Å². The maximum atomic E-state index is 13.1. The molecule has 0 aliphatic carbocycles. The summed E-state index contributed by atoms with van der Waals surface area (Å²) in [6.07, 6.45) is 0.468. The molecule has 25 heavy (non-hydrogen) atoms. The molecule has 0 spiro atoms. The number of nitrogens with one attached hydrogen (secondary N) is 1. The van der Waals surface area contributed by atoms with E-state index in [0.717, 1.165) is 6.07 Å². The van der Waals surface area contributed by atoms with Gasteiger partial charge in [0.15, 0.2) is 6.61 Å². The van der Waals surface area contributed by atoms with Crippen molar-refractivity contribution in [1.29, 1.82) is 0 Å². The van der Waals surface area contributed by atoms with Gasteiger partial charge in [-0.2, -0.15) is 8.78 Å². The number of carbonyl (C=O) groups excluding carboxylic acids is 1. The second-order valence-corrected chi connectivity index (χ2v) is 5.19. The third kappa shape index (κ3) is 5.70. The number of hydrogen-bond acceptors (Lipinski definition) is 3. The van der Waals surface area contributed by atoms with Crippen molar-refractivity contribution in [3.63, 3.8) is 0 Å². The van der Waals surface area contributed by atoms with Crippen LogP contribution in [-0.4, -0.2) is 19.1 Å². The summed E-state index contributed by atoms with van der Waals surface area (Å²) in [6, 6.07) is 11.2. The predicted octanol–water partition coefficient (Wildman–Crippen LogP) is 4.07. The lowest BCUT2D eigenvalue weighted by atomic mass is 10.0. The fourth-order valence-corrected chi connectivity index (χ4v) is 2.31. The highest BCUT2D eigenvalue weighted by Crippen LogP contribution is 2.28. The molecule has 0 heterocycles. The van der Waals surface area contributed by atoms with Gasteiger partial charge >= 0.3 is 6.61 Å². The molecule has 134 valence electrons. The second-order valence-electron chi connectivity index (χ2n) is 5.19. The van der Waals surface area contributed by atoms with Crippen LogP contribution in [0, 0.1) is 5.82 Å². The normalized spacial score (nSPS) is 11.9. The van der Waals surface area contributed by atoms with Crippen molar-refractivity contribution in [3.05, 3.63) is 59.9 Å². The van der Waals surface area contributed by atoms with E-state index < -0.39 is 24.4 Å². The Morgan fingerprint density at radius 3 is 2.60 bits per heavy atom. The third-order valence-electron chi connectivity index (χ3n) is 3.42. The Hall–Kier alpha value is -2.70. The Morgan fingerprint density at radius 1 is 1.16 bits per heavy atom. The van der Waals surface area contributed by atoms with E-state index in [0.29, 0.717) is 12.0 Å². The second kappa shape index (κ2) is 8.96. The number of halogens is 3. The number of rotatable bonds is 8. The van der Waals surface area contributed by atoms with Gasteiger partial charge in [-0.3, -0.25) is 4.79 Å². The molecular weight excluding hydrogens is 335 g/mol. The largest absolute Gasteiger partial charge is 0.484 e. The highest BCUT2D eigenvalue weighted by Gasteiger charge is 2.19. The van der Waals surface area contributed by atoms with E-state index in [9.17, 15) is 18.0 Å². The molecule has 2 rings (SSSR count). The number of carbonyl (C=O) groups is 1. The number of para-hydroxylation sites is 1. The molecule has 0 aliphatic heterocycles. The molecule has 4 nitrogen and oxygen atoms in total. The van der Waals surface area contributed by atoms with Crippen molar-refractivity contribution >= 4 is 5.91 Å².